The van der Waals surface area contributed by atoms with Gasteiger partial charge >= 0.3 is 5.97 Å². The SMILES string of the molecule is COc1ccc(CCn2c(C)cc(C(=O)COC(=O)c3n[nH]c(=O)c4ccccc34)c2C)cc1. The fourth-order valence-corrected chi connectivity index (χ4v) is 4.01. The van der Waals surface area contributed by atoms with Crippen molar-refractivity contribution in [3.8, 4) is 5.75 Å². The third-order valence-electron chi connectivity index (χ3n) is 5.88. The van der Waals surface area contributed by atoms with Gasteiger partial charge in [0.1, 0.15) is 5.75 Å². The first kappa shape index (κ1) is 23.0. The zero-order valence-electron chi connectivity index (χ0n) is 19.3. The first-order valence-electron chi connectivity index (χ1n) is 10.9. The van der Waals surface area contributed by atoms with E-state index in [-0.39, 0.29) is 11.5 Å². The van der Waals surface area contributed by atoms with Gasteiger partial charge in [0, 0.05) is 28.9 Å². The van der Waals surface area contributed by atoms with E-state index < -0.39 is 18.1 Å². The Morgan fingerprint density at radius 1 is 1.03 bits per heavy atom. The van der Waals surface area contributed by atoms with E-state index in [0.29, 0.717) is 22.9 Å². The topological polar surface area (TPSA) is 103 Å². The molecule has 0 fully saturated rings. The molecule has 0 bridgehead atoms. The largest absolute Gasteiger partial charge is 0.497 e. The van der Waals surface area contributed by atoms with Crippen LogP contribution in [-0.2, 0) is 17.7 Å². The molecule has 174 valence electrons. The Labute approximate surface area is 196 Å². The lowest BCUT2D eigenvalue weighted by Crippen LogP contribution is -2.19. The average molecular weight is 460 g/mol. The van der Waals surface area contributed by atoms with Gasteiger partial charge in [-0.25, -0.2) is 9.89 Å². The number of aromatic nitrogens is 3. The summed E-state index contributed by atoms with van der Waals surface area (Å²) in [4.78, 5) is 37.4. The molecule has 0 unspecified atom stereocenters. The summed E-state index contributed by atoms with van der Waals surface area (Å²) in [6.45, 7) is 4.12. The minimum absolute atomic E-state index is 0.0343. The van der Waals surface area contributed by atoms with Gasteiger partial charge in [0.2, 0.25) is 5.78 Å². The van der Waals surface area contributed by atoms with Crippen molar-refractivity contribution in [2.45, 2.75) is 26.8 Å². The Morgan fingerprint density at radius 2 is 1.74 bits per heavy atom. The number of nitrogens with one attached hydrogen (secondary N) is 1. The van der Waals surface area contributed by atoms with Gasteiger partial charge in [-0.15, -0.1) is 0 Å². The second-order valence-electron chi connectivity index (χ2n) is 7.98. The fourth-order valence-electron chi connectivity index (χ4n) is 4.01. The Bertz CT molecular complexity index is 1420. The summed E-state index contributed by atoms with van der Waals surface area (Å²) < 4.78 is 12.5. The van der Waals surface area contributed by atoms with Crippen LogP contribution in [0.1, 0.15) is 37.8 Å². The molecule has 0 saturated heterocycles. The molecule has 0 aliphatic carbocycles. The summed E-state index contributed by atoms with van der Waals surface area (Å²) in [6, 6.07) is 16.3. The molecule has 0 amide bonds. The second kappa shape index (κ2) is 9.74. The number of carbonyl (C=O) groups is 2. The molecule has 8 heteroatoms. The summed E-state index contributed by atoms with van der Waals surface area (Å²) in [7, 11) is 1.64. The molecular weight excluding hydrogens is 434 g/mol. The highest BCUT2D eigenvalue weighted by Crippen LogP contribution is 2.19. The molecule has 34 heavy (non-hydrogen) atoms. The molecule has 0 atom stereocenters. The highest BCUT2D eigenvalue weighted by molar-refractivity contribution is 6.04. The van der Waals surface area contributed by atoms with Gasteiger partial charge in [0.25, 0.3) is 5.56 Å². The first-order valence-corrected chi connectivity index (χ1v) is 10.9. The second-order valence-corrected chi connectivity index (χ2v) is 7.98. The minimum atomic E-state index is -0.769. The number of H-pyrrole nitrogens is 1. The number of aryl methyl sites for hydroxylation is 2. The lowest BCUT2D eigenvalue weighted by atomic mass is 10.1. The fraction of sp³-hybridized carbons (Fsp3) is 0.231. The van der Waals surface area contributed by atoms with Gasteiger partial charge in [-0.1, -0.05) is 30.3 Å². The number of esters is 1. The lowest BCUT2D eigenvalue weighted by molar-refractivity contribution is 0.0469. The van der Waals surface area contributed by atoms with Crippen molar-refractivity contribution in [1.29, 1.82) is 0 Å². The van der Waals surface area contributed by atoms with E-state index in [4.69, 9.17) is 9.47 Å². The number of ether oxygens (including phenoxy) is 2. The maximum Gasteiger partial charge on any atom is 0.359 e. The third kappa shape index (κ3) is 4.61. The van der Waals surface area contributed by atoms with Crippen LogP contribution in [0, 0.1) is 13.8 Å². The van der Waals surface area contributed by atoms with Crippen molar-refractivity contribution in [1.82, 2.24) is 14.8 Å². The normalized spacial score (nSPS) is 10.9. The van der Waals surface area contributed by atoms with E-state index in [9.17, 15) is 14.4 Å². The zero-order chi connectivity index (χ0) is 24.2. The van der Waals surface area contributed by atoms with Crippen LogP contribution in [0.4, 0.5) is 0 Å². The van der Waals surface area contributed by atoms with E-state index in [0.717, 1.165) is 29.1 Å². The summed E-state index contributed by atoms with van der Waals surface area (Å²) >= 11 is 0. The van der Waals surface area contributed by atoms with Crippen LogP contribution in [0.2, 0.25) is 0 Å². The lowest BCUT2D eigenvalue weighted by Gasteiger charge is -2.10. The molecule has 0 aliphatic rings. The number of nitrogens with zero attached hydrogens (tertiary/aromatic N) is 2. The van der Waals surface area contributed by atoms with Crippen molar-refractivity contribution in [2.75, 3.05) is 13.7 Å². The number of ketones is 1. The molecule has 1 N–H and O–H groups in total. The highest BCUT2D eigenvalue weighted by Gasteiger charge is 2.20. The van der Waals surface area contributed by atoms with Crippen molar-refractivity contribution in [2.24, 2.45) is 0 Å². The van der Waals surface area contributed by atoms with Crippen molar-refractivity contribution in [3.63, 3.8) is 0 Å². The van der Waals surface area contributed by atoms with Crippen LogP contribution in [0.15, 0.2) is 59.4 Å². The molecule has 2 heterocycles. The van der Waals surface area contributed by atoms with E-state index in [1.807, 2.05) is 44.2 Å². The standard InChI is InChI=1S/C26H25N3O5/c1-16-14-22(17(2)29(16)13-12-18-8-10-19(33-3)11-9-18)23(30)15-34-26(32)24-20-6-4-5-7-21(20)25(31)28-27-24/h4-11,14H,12-13,15H2,1-3H3,(H,28,31). The Balaban J connectivity index is 1.44. The van der Waals surface area contributed by atoms with Crippen LogP contribution < -0.4 is 10.3 Å². The summed E-state index contributed by atoms with van der Waals surface area (Å²) in [5.74, 6) is -0.260. The summed E-state index contributed by atoms with van der Waals surface area (Å²) in [5, 5.41) is 6.82. The first-order chi connectivity index (χ1) is 16.4. The average Bonchev–Trinajstić information content (AvgIpc) is 3.14. The number of hydrogen-bond acceptors (Lipinski definition) is 6. The van der Waals surface area contributed by atoms with Gasteiger partial charge in [-0.05, 0) is 50.1 Å². The smallest absolute Gasteiger partial charge is 0.359 e. The summed E-state index contributed by atoms with van der Waals surface area (Å²) in [6.07, 6.45) is 0.800. The predicted molar refractivity (Wildman–Crippen MR) is 128 cm³/mol. The Kier molecular flexibility index (Phi) is 6.58. The monoisotopic (exact) mass is 459 g/mol. The number of carbonyl (C=O) groups excluding carboxylic acids is 2. The number of hydrogen-bond donors (Lipinski definition) is 1. The van der Waals surface area contributed by atoms with Gasteiger partial charge < -0.3 is 14.0 Å². The van der Waals surface area contributed by atoms with Gasteiger partial charge in [0.05, 0.1) is 12.5 Å². The van der Waals surface area contributed by atoms with Gasteiger partial charge in [-0.2, -0.15) is 5.10 Å². The number of rotatable bonds is 8. The molecule has 0 saturated carbocycles. The number of benzene rings is 2. The third-order valence-corrected chi connectivity index (χ3v) is 5.88. The van der Waals surface area contributed by atoms with Crippen LogP contribution in [0.25, 0.3) is 10.8 Å². The number of methoxy groups -OCH3 is 1. The van der Waals surface area contributed by atoms with Gasteiger partial charge in [-0.3, -0.25) is 9.59 Å². The Morgan fingerprint density at radius 3 is 2.44 bits per heavy atom. The highest BCUT2D eigenvalue weighted by atomic mass is 16.5. The quantitative estimate of drug-likeness (QED) is 0.319. The van der Waals surface area contributed by atoms with Crippen molar-refractivity contribution < 1.29 is 19.1 Å². The Hall–Kier alpha value is -4.20. The maximum atomic E-state index is 12.8. The molecule has 8 nitrogen and oxygen atoms in total. The maximum absolute atomic E-state index is 12.8. The van der Waals surface area contributed by atoms with E-state index in [1.165, 1.54) is 0 Å². The van der Waals surface area contributed by atoms with E-state index >= 15 is 0 Å². The predicted octanol–water partition coefficient (Wildman–Crippen LogP) is 3.63. The molecule has 2 aromatic heterocycles. The van der Waals surface area contributed by atoms with Gasteiger partial charge in [0.15, 0.2) is 12.3 Å². The van der Waals surface area contributed by atoms with Crippen LogP contribution >= 0.6 is 0 Å². The molecule has 4 rings (SSSR count). The number of fused-ring (bicyclic) bond motifs is 1. The molecule has 0 aliphatic heterocycles. The van der Waals surface area contributed by atoms with Crippen molar-refractivity contribution in [3.05, 3.63) is 93.2 Å². The van der Waals surface area contributed by atoms with E-state index in [1.54, 1.807) is 31.4 Å². The van der Waals surface area contributed by atoms with Crippen molar-refractivity contribution >= 4 is 22.5 Å². The molecule has 0 radical (unpaired) electrons. The van der Waals surface area contributed by atoms with Crippen LogP contribution in [0.3, 0.4) is 0 Å². The molecule has 4 aromatic rings. The number of aromatic amines is 1. The van der Waals surface area contributed by atoms with E-state index in [2.05, 4.69) is 14.8 Å². The molecular formula is C26H25N3O5. The van der Waals surface area contributed by atoms with Crippen LogP contribution in [-0.4, -0.2) is 40.2 Å². The zero-order valence-corrected chi connectivity index (χ0v) is 19.3. The van der Waals surface area contributed by atoms with Crippen LogP contribution in [0.5, 0.6) is 5.75 Å². The molecule has 0 spiro atoms. The summed E-state index contributed by atoms with van der Waals surface area (Å²) in [5.41, 5.74) is 3.02. The minimum Gasteiger partial charge on any atom is -0.497 e. The molecule has 2 aromatic carbocycles. The number of Topliss-reactive ketones (excluding diaryl/α,β-unsaturated/α-hetero) is 1.